The zero-order valence-corrected chi connectivity index (χ0v) is 7.79. The third-order valence-corrected chi connectivity index (χ3v) is 2.57. The third-order valence-electron chi connectivity index (χ3n) is 2.57. The molecule has 0 unspecified atom stereocenters. The number of aryl methyl sites for hydroxylation is 1. The molecule has 13 heavy (non-hydrogen) atoms. The van der Waals surface area contributed by atoms with E-state index in [1.807, 2.05) is 6.08 Å². The lowest BCUT2D eigenvalue weighted by molar-refractivity contribution is 0.822. The molecular weight excluding hydrogens is 156 g/mol. The Morgan fingerprint density at radius 3 is 2.85 bits per heavy atom. The zero-order chi connectivity index (χ0) is 9.10. The first-order valence-electron chi connectivity index (χ1n) is 4.81. The van der Waals surface area contributed by atoms with Crippen molar-refractivity contribution in [2.45, 2.75) is 19.3 Å². The summed E-state index contributed by atoms with van der Waals surface area (Å²) in [5.74, 6) is 0. The number of hydrogen-bond acceptors (Lipinski definition) is 0. The molecule has 0 saturated heterocycles. The quantitative estimate of drug-likeness (QED) is 0.604. The lowest BCUT2D eigenvalue weighted by Crippen LogP contribution is -2.00. The molecule has 0 heterocycles. The Hall–Kier alpha value is -1.30. The van der Waals surface area contributed by atoms with Crippen molar-refractivity contribution in [2.24, 2.45) is 0 Å². The van der Waals surface area contributed by atoms with Gasteiger partial charge in [-0.15, -0.1) is 0 Å². The van der Waals surface area contributed by atoms with Crippen LogP contribution in [0.5, 0.6) is 0 Å². The lowest BCUT2D eigenvalue weighted by Gasteiger charge is -2.18. The normalized spacial score (nSPS) is 18.3. The van der Waals surface area contributed by atoms with E-state index in [1.54, 1.807) is 0 Å². The second kappa shape index (κ2) is 3.61. The molecule has 0 amide bonds. The van der Waals surface area contributed by atoms with E-state index in [2.05, 4.69) is 36.9 Å². The van der Waals surface area contributed by atoms with E-state index in [0.717, 1.165) is 0 Å². The largest absolute Gasteiger partial charge is 0.0991 e. The first-order valence-corrected chi connectivity index (χ1v) is 4.81. The van der Waals surface area contributed by atoms with E-state index < -0.39 is 0 Å². The Kier molecular flexibility index (Phi) is 2.31. The molecule has 0 nitrogen and oxygen atoms in total. The molecule has 0 bridgehead atoms. The fourth-order valence-electron chi connectivity index (χ4n) is 1.97. The number of benzene rings is 1. The van der Waals surface area contributed by atoms with Gasteiger partial charge >= 0.3 is 0 Å². The monoisotopic (exact) mass is 170 g/mol. The summed E-state index contributed by atoms with van der Waals surface area (Å²) >= 11 is 0. The van der Waals surface area contributed by atoms with Crippen molar-refractivity contribution < 1.29 is 0 Å². The van der Waals surface area contributed by atoms with Crippen LogP contribution < -0.4 is 0 Å². The molecule has 0 saturated carbocycles. The summed E-state index contributed by atoms with van der Waals surface area (Å²) in [6.07, 6.45) is 7.72. The van der Waals surface area contributed by atoms with Crippen LogP contribution in [0.25, 0.3) is 5.57 Å². The maximum absolute atomic E-state index is 3.75. The van der Waals surface area contributed by atoms with Crippen LogP contribution in [0, 0.1) is 0 Å². The van der Waals surface area contributed by atoms with Gasteiger partial charge in [0.1, 0.15) is 0 Å². The molecule has 0 spiro atoms. The highest BCUT2D eigenvalue weighted by molar-refractivity contribution is 5.70. The van der Waals surface area contributed by atoms with Gasteiger partial charge in [0.15, 0.2) is 0 Å². The van der Waals surface area contributed by atoms with Crippen molar-refractivity contribution in [3.8, 4) is 0 Å². The van der Waals surface area contributed by atoms with Crippen LogP contribution in [-0.2, 0) is 6.42 Å². The average Bonchev–Trinajstić information content (AvgIpc) is 2.19. The molecule has 0 aliphatic heterocycles. The first kappa shape index (κ1) is 8.31. The van der Waals surface area contributed by atoms with Gasteiger partial charge in [0, 0.05) is 0 Å². The first-order chi connectivity index (χ1) is 6.42. The highest BCUT2D eigenvalue weighted by Crippen LogP contribution is 2.30. The van der Waals surface area contributed by atoms with Gasteiger partial charge in [0.25, 0.3) is 0 Å². The maximum Gasteiger partial charge on any atom is -0.0192 e. The van der Waals surface area contributed by atoms with Crippen molar-refractivity contribution in [1.29, 1.82) is 0 Å². The molecule has 0 fully saturated rings. The van der Waals surface area contributed by atoms with Crippen LogP contribution in [0.4, 0.5) is 0 Å². The summed E-state index contributed by atoms with van der Waals surface area (Å²) < 4.78 is 0. The summed E-state index contributed by atoms with van der Waals surface area (Å²) in [4.78, 5) is 0. The van der Waals surface area contributed by atoms with E-state index in [1.165, 1.54) is 36.0 Å². The Morgan fingerprint density at radius 1 is 1.15 bits per heavy atom. The summed E-state index contributed by atoms with van der Waals surface area (Å²) in [5.41, 5.74) is 4.35. The highest BCUT2D eigenvalue weighted by atomic mass is 14.2. The standard InChI is InChI=1S/C13H14/c1-2-6-11-8-5-9-12-7-3-4-10-13(11)12/h2-4,6-7,10H,1,5,8-9H2. The summed E-state index contributed by atoms with van der Waals surface area (Å²) in [6, 6.07) is 8.67. The average molecular weight is 170 g/mol. The van der Waals surface area contributed by atoms with Gasteiger partial charge in [-0.05, 0) is 36.0 Å². The topological polar surface area (TPSA) is 0 Å². The van der Waals surface area contributed by atoms with Crippen LogP contribution >= 0.6 is 0 Å². The third kappa shape index (κ3) is 1.57. The van der Waals surface area contributed by atoms with Gasteiger partial charge in [-0.2, -0.15) is 0 Å². The van der Waals surface area contributed by atoms with Crippen molar-refractivity contribution in [2.75, 3.05) is 0 Å². The van der Waals surface area contributed by atoms with E-state index in [0.29, 0.717) is 0 Å². The molecule has 0 aromatic heterocycles. The van der Waals surface area contributed by atoms with Gasteiger partial charge < -0.3 is 0 Å². The minimum Gasteiger partial charge on any atom is -0.0991 e. The fraction of sp³-hybridized carbons (Fsp3) is 0.231. The number of allylic oxidation sites excluding steroid dienone is 3. The minimum absolute atomic E-state index is 1.20. The molecule has 0 atom stereocenters. The molecule has 0 radical (unpaired) electrons. The van der Waals surface area contributed by atoms with Crippen LogP contribution in [-0.4, -0.2) is 0 Å². The van der Waals surface area contributed by atoms with Gasteiger partial charge in [0.05, 0.1) is 0 Å². The number of fused-ring (bicyclic) bond motifs is 1. The van der Waals surface area contributed by atoms with Gasteiger partial charge in [0.2, 0.25) is 0 Å². The summed E-state index contributed by atoms with van der Waals surface area (Å²) in [6.45, 7) is 3.75. The molecule has 1 aliphatic rings. The van der Waals surface area contributed by atoms with Crippen molar-refractivity contribution >= 4 is 5.57 Å². The maximum atomic E-state index is 3.75. The lowest BCUT2D eigenvalue weighted by atomic mass is 9.87. The number of rotatable bonds is 1. The predicted octanol–water partition coefficient (Wildman–Crippen LogP) is 3.59. The van der Waals surface area contributed by atoms with Crippen LogP contribution in [0.3, 0.4) is 0 Å². The van der Waals surface area contributed by atoms with E-state index in [-0.39, 0.29) is 0 Å². The molecule has 0 N–H and O–H groups in total. The van der Waals surface area contributed by atoms with Crippen LogP contribution in [0.15, 0.2) is 43.0 Å². The Balaban J connectivity index is 2.48. The van der Waals surface area contributed by atoms with E-state index in [9.17, 15) is 0 Å². The van der Waals surface area contributed by atoms with Gasteiger partial charge in [-0.3, -0.25) is 0 Å². The Bertz CT molecular complexity index is 345. The predicted molar refractivity (Wildman–Crippen MR) is 57.6 cm³/mol. The van der Waals surface area contributed by atoms with Crippen LogP contribution in [0.1, 0.15) is 24.0 Å². The summed E-state index contributed by atoms with van der Waals surface area (Å²) in [7, 11) is 0. The van der Waals surface area contributed by atoms with Crippen molar-refractivity contribution in [3.05, 3.63) is 54.1 Å². The molecule has 1 aromatic rings. The smallest absolute Gasteiger partial charge is 0.0192 e. The second-order valence-corrected chi connectivity index (χ2v) is 3.44. The summed E-state index contributed by atoms with van der Waals surface area (Å²) in [5, 5.41) is 0. The van der Waals surface area contributed by atoms with Crippen molar-refractivity contribution in [1.82, 2.24) is 0 Å². The second-order valence-electron chi connectivity index (χ2n) is 3.44. The molecule has 1 aromatic carbocycles. The van der Waals surface area contributed by atoms with Gasteiger partial charge in [-0.25, -0.2) is 0 Å². The molecular formula is C13H14. The van der Waals surface area contributed by atoms with E-state index in [4.69, 9.17) is 0 Å². The van der Waals surface area contributed by atoms with Gasteiger partial charge in [-0.1, -0.05) is 43.0 Å². The zero-order valence-electron chi connectivity index (χ0n) is 7.79. The highest BCUT2D eigenvalue weighted by Gasteiger charge is 2.11. The molecule has 2 rings (SSSR count). The number of hydrogen-bond donors (Lipinski definition) is 0. The SMILES string of the molecule is C=CC=C1CCCc2ccccc21. The van der Waals surface area contributed by atoms with Crippen LogP contribution in [0.2, 0.25) is 0 Å². The molecule has 1 aliphatic carbocycles. The Morgan fingerprint density at radius 2 is 2.00 bits per heavy atom. The van der Waals surface area contributed by atoms with E-state index >= 15 is 0 Å². The Labute approximate surface area is 79.6 Å². The van der Waals surface area contributed by atoms with Crippen molar-refractivity contribution in [3.63, 3.8) is 0 Å². The molecule has 66 valence electrons. The fourth-order valence-corrected chi connectivity index (χ4v) is 1.97. The minimum atomic E-state index is 1.20. The molecule has 0 heteroatoms.